The van der Waals surface area contributed by atoms with Gasteiger partial charge in [-0.15, -0.1) is 10.2 Å². The molecule has 166 valence electrons. The number of aryl methyl sites for hydroxylation is 1. The van der Waals surface area contributed by atoms with Crippen LogP contribution in [0.3, 0.4) is 0 Å². The molecule has 1 amide bonds. The fourth-order valence-corrected chi connectivity index (χ4v) is 3.83. The van der Waals surface area contributed by atoms with Crippen LogP contribution >= 0.6 is 0 Å². The van der Waals surface area contributed by atoms with Crippen molar-refractivity contribution in [2.75, 3.05) is 23.3 Å². The highest BCUT2D eigenvalue weighted by Crippen LogP contribution is 2.23. The summed E-state index contributed by atoms with van der Waals surface area (Å²) in [6.45, 7) is 5.93. The number of nitrogens with one attached hydrogen (secondary N) is 1. The number of ether oxygens (including phenoxy) is 1. The van der Waals surface area contributed by atoms with E-state index in [1.54, 1.807) is 6.92 Å². The third kappa shape index (κ3) is 5.44. The van der Waals surface area contributed by atoms with Crippen molar-refractivity contribution in [3.8, 4) is 17.0 Å². The van der Waals surface area contributed by atoms with Gasteiger partial charge in [0, 0.05) is 24.3 Å². The summed E-state index contributed by atoms with van der Waals surface area (Å²) in [5.41, 5.74) is 3.62. The van der Waals surface area contributed by atoms with E-state index in [0.717, 1.165) is 36.6 Å². The van der Waals surface area contributed by atoms with E-state index < -0.39 is 6.10 Å². The van der Waals surface area contributed by atoms with E-state index in [1.807, 2.05) is 60.7 Å². The number of piperidine rings is 1. The third-order valence-electron chi connectivity index (χ3n) is 5.77. The minimum Gasteiger partial charge on any atom is -0.481 e. The Bertz CT molecular complexity index is 1030. The minimum atomic E-state index is -0.616. The van der Waals surface area contributed by atoms with Crippen molar-refractivity contribution in [2.45, 2.75) is 45.6 Å². The van der Waals surface area contributed by atoms with Crippen LogP contribution in [0.5, 0.6) is 5.75 Å². The van der Waals surface area contributed by atoms with E-state index >= 15 is 0 Å². The summed E-state index contributed by atoms with van der Waals surface area (Å²) in [4.78, 5) is 14.9. The van der Waals surface area contributed by atoms with E-state index in [-0.39, 0.29) is 5.91 Å². The molecule has 1 aliphatic heterocycles. The first-order valence-electron chi connectivity index (χ1n) is 11.4. The Hall–Kier alpha value is -3.41. The zero-order valence-electron chi connectivity index (χ0n) is 18.8. The Morgan fingerprint density at radius 2 is 1.81 bits per heavy atom. The van der Waals surface area contributed by atoms with E-state index in [1.165, 1.54) is 24.8 Å². The van der Waals surface area contributed by atoms with Crippen LogP contribution in [0.2, 0.25) is 0 Å². The molecule has 0 aliphatic carbocycles. The fourth-order valence-electron chi connectivity index (χ4n) is 3.83. The Labute approximate surface area is 189 Å². The lowest BCUT2D eigenvalue weighted by Crippen LogP contribution is -2.30. The van der Waals surface area contributed by atoms with Crippen molar-refractivity contribution in [3.05, 3.63) is 66.2 Å². The van der Waals surface area contributed by atoms with E-state index in [0.29, 0.717) is 11.4 Å². The third-order valence-corrected chi connectivity index (χ3v) is 5.77. The van der Waals surface area contributed by atoms with Gasteiger partial charge in [-0.1, -0.05) is 31.2 Å². The Morgan fingerprint density at radius 1 is 1.03 bits per heavy atom. The number of carbonyl (C=O) groups is 1. The normalized spacial score (nSPS) is 14.6. The summed E-state index contributed by atoms with van der Waals surface area (Å²) in [7, 11) is 0. The van der Waals surface area contributed by atoms with Crippen LogP contribution in [0, 0.1) is 0 Å². The highest BCUT2D eigenvalue weighted by atomic mass is 16.5. The Kier molecular flexibility index (Phi) is 7.00. The van der Waals surface area contributed by atoms with Gasteiger partial charge in [0.2, 0.25) is 0 Å². The molecule has 3 aromatic rings. The quantitative estimate of drug-likeness (QED) is 0.565. The zero-order chi connectivity index (χ0) is 22.3. The number of rotatable bonds is 7. The van der Waals surface area contributed by atoms with Crippen LogP contribution in [0.1, 0.15) is 38.7 Å². The molecule has 0 bridgehead atoms. The molecular formula is C26H30N4O2. The van der Waals surface area contributed by atoms with Gasteiger partial charge in [-0.2, -0.15) is 0 Å². The van der Waals surface area contributed by atoms with Crippen LogP contribution < -0.4 is 15.0 Å². The molecule has 1 aliphatic rings. The smallest absolute Gasteiger partial charge is 0.265 e. The van der Waals surface area contributed by atoms with Crippen LogP contribution in [-0.4, -0.2) is 35.3 Å². The van der Waals surface area contributed by atoms with Crippen molar-refractivity contribution >= 4 is 17.4 Å². The molecule has 2 aromatic carbocycles. The molecule has 6 nitrogen and oxygen atoms in total. The number of hydrogen-bond donors (Lipinski definition) is 1. The second kappa shape index (κ2) is 10.3. The molecule has 0 spiro atoms. The topological polar surface area (TPSA) is 67.3 Å². The predicted molar refractivity (Wildman–Crippen MR) is 128 cm³/mol. The molecule has 1 saturated heterocycles. The van der Waals surface area contributed by atoms with Gasteiger partial charge >= 0.3 is 0 Å². The molecule has 1 N–H and O–H groups in total. The molecule has 0 saturated carbocycles. The summed E-state index contributed by atoms with van der Waals surface area (Å²) in [6.07, 6.45) is 4.05. The Balaban J connectivity index is 1.39. The van der Waals surface area contributed by atoms with E-state index in [2.05, 4.69) is 27.3 Å². The van der Waals surface area contributed by atoms with Crippen molar-refractivity contribution < 1.29 is 9.53 Å². The SMILES string of the molecule is CCc1ccc(OC(C)C(=O)Nc2cccc(-c3ccc(N4CCCCC4)nn3)c2)cc1. The number of nitrogens with zero attached hydrogens (tertiary/aromatic N) is 3. The summed E-state index contributed by atoms with van der Waals surface area (Å²) >= 11 is 0. The Morgan fingerprint density at radius 3 is 2.50 bits per heavy atom. The maximum Gasteiger partial charge on any atom is 0.265 e. The fraction of sp³-hybridized carbons (Fsp3) is 0.346. The standard InChI is InChI=1S/C26H30N4O2/c1-3-20-10-12-23(13-11-20)32-19(2)26(31)27-22-9-7-8-21(18-22)24-14-15-25(29-28-24)30-16-5-4-6-17-30/h7-15,18-19H,3-6,16-17H2,1-2H3,(H,27,31). The predicted octanol–water partition coefficient (Wildman–Crippen LogP) is 5.10. The van der Waals surface area contributed by atoms with Gasteiger partial charge in [-0.3, -0.25) is 4.79 Å². The lowest BCUT2D eigenvalue weighted by atomic mass is 10.1. The van der Waals surface area contributed by atoms with Gasteiger partial charge in [0.25, 0.3) is 5.91 Å². The maximum absolute atomic E-state index is 12.6. The number of amides is 1. The maximum atomic E-state index is 12.6. The lowest BCUT2D eigenvalue weighted by Gasteiger charge is -2.27. The first-order valence-corrected chi connectivity index (χ1v) is 11.4. The van der Waals surface area contributed by atoms with Crippen LogP contribution in [0.25, 0.3) is 11.3 Å². The van der Waals surface area contributed by atoms with Gasteiger partial charge in [-0.05, 0) is 74.6 Å². The molecule has 1 unspecified atom stereocenters. The molecule has 1 aromatic heterocycles. The summed E-state index contributed by atoms with van der Waals surface area (Å²) in [5, 5.41) is 11.8. The summed E-state index contributed by atoms with van der Waals surface area (Å²) in [6, 6.07) is 19.5. The zero-order valence-corrected chi connectivity index (χ0v) is 18.8. The van der Waals surface area contributed by atoms with Crippen molar-refractivity contribution in [2.24, 2.45) is 0 Å². The van der Waals surface area contributed by atoms with Crippen molar-refractivity contribution in [3.63, 3.8) is 0 Å². The first-order chi connectivity index (χ1) is 15.6. The molecule has 1 atom stereocenters. The van der Waals surface area contributed by atoms with Gasteiger partial charge in [-0.25, -0.2) is 0 Å². The molecule has 0 radical (unpaired) electrons. The largest absolute Gasteiger partial charge is 0.481 e. The number of benzene rings is 2. The highest BCUT2D eigenvalue weighted by molar-refractivity contribution is 5.94. The second-order valence-electron chi connectivity index (χ2n) is 8.15. The van der Waals surface area contributed by atoms with Gasteiger partial charge in [0.05, 0.1) is 5.69 Å². The second-order valence-corrected chi connectivity index (χ2v) is 8.15. The van der Waals surface area contributed by atoms with Crippen LogP contribution in [0.4, 0.5) is 11.5 Å². The molecular weight excluding hydrogens is 400 g/mol. The summed E-state index contributed by atoms with van der Waals surface area (Å²) in [5.74, 6) is 1.41. The monoisotopic (exact) mass is 430 g/mol. The molecule has 32 heavy (non-hydrogen) atoms. The van der Waals surface area contributed by atoms with Crippen molar-refractivity contribution in [1.29, 1.82) is 0 Å². The van der Waals surface area contributed by atoms with E-state index in [4.69, 9.17) is 4.74 Å². The number of aromatic nitrogens is 2. The van der Waals surface area contributed by atoms with Gasteiger partial charge in [0.15, 0.2) is 11.9 Å². The number of hydrogen-bond acceptors (Lipinski definition) is 5. The summed E-state index contributed by atoms with van der Waals surface area (Å²) < 4.78 is 5.79. The van der Waals surface area contributed by atoms with Crippen LogP contribution in [0.15, 0.2) is 60.7 Å². The molecule has 4 rings (SSSR count). The average Bonchev–Trinajstić information content (AvgIpc) is 2.85. The minimum absolute atomic E-state index is 0.201. The van der Waals surface area contributed by atoms with Gasteiger partial charge < -0.3 is 15.0 Å². The number of carbonyl (C=O) groups excluding carboxylic acids is 1. The van der Waals surface area contributed by atoms with Crippen molar-refractivity contribution in [1.82, 2.24) is 10.2 Å². The van der Waals surface area contributed by atoms with Crippen LogP contribution in [-0.2, 0) is 11.2 Å². The first kappa shape index (κ1) is 21.8. The average molecular weight is 431 g/mol. The molecule has 6 heteroatoms. The lowest BCUT2D eigenvalue weighted by molar-refractivity contribution is -0.122. The molecule has 1 fully saturated rings. The molecule has 2 heterocycles. The number of anilines is 2. The van der Waals surface area contributed by atoms with E-state index in [9.17, 15) is 4.79 Å². The highest BCUT2D eigenvalue weighted by Gasteiger charge is 2.16. The van der Waals surface area contributed by atoms with Gasteiger partial charge in [0.1, 0.15) is 5.75 Å².